The smallest absolute Gasteiger partial charge is 0.329 e. The highest BCUT2D eigenvalue weighted by Crippen LogP contribution is 2.37. The monoisotopic (exact) mass is 410 g/mol. The molecule has 0 bridgehead atoms. The molecule has 1 aliphatic heterocycles. The third-order valence-corrected chi connectivity index (χ3v) is 5.05. The van der Waals surface area contributed by atoms with E-state index in [0.29, 0.717) is 12.1 Å². The maximum Gasteiger partial charge on any atom is 0.417 e. The Bertz CT molecular complexity index is 1030. The van der Waals surface area contributed by atoms with E-state index in [1.165, 1.54) is 26.6 Å². The number of rotatable bonds is 2. The number of amides is 1. The summed E-state index contributed by atoms with van der Waals surface area (Å²) in [5, 5.41) is 11.7. The summed E-state index contributed by atoms with van der Waals surface area (Å²) in [5.41, 5.74) is 0.127. The molecule has 0 N–H and O–H groups in total. The Morgan fingerprint density at radius 3 is 2.75 bits per heavy atom. The van der Waals surface area contributed by atoms with E-state index in [4.69, 9.17) is 11.6 Å². The molecular formula is C17H14ClF3N6O. The molecule has 0 fully saturated rings. The zero-order valence-corrected chi connectivity index (χ0v) is 15.3. The normalized spacial score (nSPS) is 16.9. The highest BCUT2D eigenvalue weighted by molar-refractivity contribution is 6.34. The molecule has 3 aromatic rings. The first-order valence-electron chi connectivity index (χ1n) is 8.38. The Hall–Kier alpha value is -2.88. The molecule has 4 rings (SSSR count). The van der Waals surface area contributed by atoms with Gasteiger partial charge in [-0.15, -0.1) is 9.89 Å². The van der Waals surface area contributed by atoms with Crippen LogP contribution < -0.4 is 0 Å². The molecule has 1 aliphatic rings. The second-order valence-electron chi connectivity index (χ2n) is 6.45. The van der Waals surface area contributed by atoms with Gasteiger partial charge < -0.3 is 4.90 Å². The van der Waals surface area contributed by atoms with Gasteiger partial charge in [0.2, 0.25) is 0 Å². The number of halogens is 4. The summed E-state index contributed by atoms with van der Waals surface area (Å²) in [6.07, 6.45) is -0.906. The van der Waals surface area contributed by atoms with Gasteiger partial charge in [-0.3, -0.25) is 4.79 Å². The van der Waals surface area contributed by atoms with Crippen molar-refractivity contribution in [2.45, 2.75) is 32.1 Å². The number of aromatic nitrogens is 5. The van der Waals surface area contributed by atoms with E-state index in [-0.39, 0.29) is 18.2 Å². The van der Waals surface area contributed by atoms with Gasteiger partial charge in [-0.05, 0) is 30.3 Å². The molecular weight excluding hydrogens is 397 g/mol. The van der Waals surface area contributed by atoms with Crippen LogP contribution in [0.2, 0.25) is 5.02 Å². The van der Waals surface area contributed by atoms with E-state index in [2.05, 4.69) is 15.4 Å². The standard InChI is InChI=1S/C17H14ClF3N6O/c1-10-8-14-13(23-24-27(14)26-7-3-6-22-26)9-25(10)16(28)11-4-2-5-12(15(11)18)17(19,20)21/h2-7,10H,8-9H2,1H3. The fraction of sp³-hybridized carbons (Fsp3) is 0.294. The van der Waals surface area contributed by atoms with Crippen LogP contribution in [0, 0.1) is 0 Å². The SMILES string of the molecule is CC1Cc2c(nnn2-n2cccn2)CN1C(=O)c1cccc(C(F)(F)F)c1Cl. The summed E-state index contributed by atoms with van der Waals surface area (Å²) < 4.78 is 39.3. The zero-order chi connectivity index (χ0) is 20.1. The number of hydrogen-bond acceptors (Lipinski definition) is 4. The van der Waals surface area contributed by atoms with Gasteiger partial charge in [0.25, 0.3) is 5.91 Å². The predicted molar refractivity (Wildman–Crippen MR) is 92.5 cm³/mol. The van der Waals surface area contributed by atoms with Gasteiger partial charge in [-0.2, -0.15) is 23.1 Å². The van der Waals surface area contributed by atoms with Gasteiger partial charge in [0.15, 0.2) is 0 Å². The van der Waals surface area contributed by atoms with Crippen LogP contribution in [0.4, 0.5) is 13.2 Å². The number of carbonyl (C=O) groups excluding carboxylic acids is 1. The molecule has 1 atom stereocenters. The Balaban J connectivity index is 1.66. The second-order valence-corrected chi connectivity index (χ2v) is 6.83. The molecule has 1 aromatic carbocycles. The van der Waals surface area contributed by atoms with Crippen molar-refractivity contribution in [1.82, 2.24) is 29.9 Å². The molecule has 0 saturated carbocycles. The Labute approximate surface area is 162 Å². The average molecular weight is 411 g/mol. The quantitative estimate of drug-likeness (QED) is 0.651. The topological polar surface area (TPSA) is 68.8 Å². The van der Waals surface area contributed by atoms with Crippen molar-refractivity contribution in [3.05, 3.63) is 64.2 Å². The van der Waals surface area contributed by atoms with Crippen LogP contribution in [0.1, 0.15) is 34.2 Å². The number of carbonyl (C=O) groups is 1. The fourth-order valence-corrected chi connectivity index (χ4v) is 3.55. The highest BCUT2D eigenvalue weighted by Gasteiger charge is 2.37. The van der Waals surface area contributed by atoms with Crippen LogP contribution in [0.3, 0.4) is 0 Å². The summed E-state index contributed by atoms with van der Waals surface area (Å²) in [6.45, 7) is 1.92. The van der Waals surface area contributed by atoms with Crippen molar-refractivity contribution >= 4 is 17.5 Å². The van der Waals surface area contributed by atoms with E-state index < -0.39 is 22.7 Å². The number of benzene rings is 1. The Morgan fingerprint density at radius 2 is 2.07 bits per heavy atom. The largest absolute Gasteiger partial charge is 0.417 e. The third-order valence-electron chi connectivity index (χ3n) is 4.65. The summed E-state index contributed by atoms with van der Waals surface area (Å²) in [7, 11) is 0. The molecule has 0 spiro atoms. The number of nitrogens with zero attached hydrogens (tertiary/aromatic N) is 6. The summed E-state index contributed by atoms with van der Waals surface area (Å²) in [4.78, 5) is 17.5. The predicted octanol–water partition coefficient (Wildman–Crippen LogP) is 3.05. The maximum absolute atomic E-state index is 13.1. The minimum absolute atomic E-state index is 0.114. The molecule has 1 amide bonds. The van der Waals surface area contributed by atoms with Crippen LogP contribution in [0.25, 0.3) is 0 Å². The van der Waals surface area contributed by atoms with Crippen molar-refractivity contribution in [3.63, 3.8) is 0 Å². The fourth-order valence-electron chi connectivity index (χ4n) is 3.23. The van der Waals surface area contributed by atoms with Crippen LogP contribution >= 0.6 is 11.6 Å². The van der Waals surface area contributed by atoms with Gasteiger partial charge in [-0.25, -0.2) is 0 Å². The van der Waals surface area contributed by atoms with Crippen LogP contribution in [-0.4, -0.2) is 41.8 Å². The number of fused-ring (bicyclic) bond motifs is 1. The minimum Gasteiger partial charge on any atom is -0.329 e. The van der Waals surface area contributed by atoms with E-state index in [0.717, 1.165) is 11.8 Å². The number of alkyl halides is 3. The second kappa shape index (κ2) is 6.62. The molecule has 0 aliphatic carbocycles. The van der Waals surface area contributed by atoms with Crippen molar-refractivity contribution in [2.75, 3.05) is 0 Å². The summed E-state index contributed by atoms with van der Waals surface area (Å²) in [6, 6.07) is 4.77. The number of hydrogen-bond donors (Lipinski definition) is 0. The lowest BCUT2D eigenvalue weighted by atomic mass is 10.0. The van der Waals surface area contributed by atoms with Gasteiger partial charge in [0.05, 0.1) is 40.8 Å². The third kappa shape index (κ3) is 3.03. The maximum atomic E-state index is 13.1. The van der Waals surface area contributed by atoms with Crippen LogP contribution in [0.5, 0.6) is 0 Å². The lowest BCUT2D eigenvalue weighted by molar-refractivity contribution is -0.137. The van der Waals surface area contributed by atoms with E-state index in [9.17, 15) is 18.0 Å². The lowest BCUT2D eigenvalue weighted by Crippen LogP contribution is -2.43. The zero-order valence-electron chi connectivity index (χ0n) is 14.6. The van der Waals surface area contributed by atoms with Crippen molar-refractivity contribution in [1.29, 1.82) is 0 Å². The molecule has 28 heavy (non-hydrogen) atoms. The molecule has 3 heterocycles. The summed E-state index contributed by atoms with van der Waals surface area (Å²) in [5.74, 6) is -0.581. The van der Waals surface area contributed by atoms with Crippen molar-refractivity contribution in [3.8, 4) is 0 Å². The molecule has 1 unspecified atom stereocenters. The van der Waals surface area contributed by atoms with Crippen molar-refractivity contribution < 1.29 is 18.0 Å². The van der Waals surface area contributed by atoms with Crippen LogP contribution in [-0.2, 0) is 19.1 Å². The Kier molecular flexibility index (Phi) is 4.37. The summed E-state index contributed by atoms with van der Waals surface area (Å²) >= 11 is 5.92. The van der Waals surface area contributed by atoms with E-state index >= 15 is 0 Å². The molecule has 146 valence electrons. The molecule has 0 saturated heterocycles. The van der Waals surface area contributed by atoms with E-state index in [1.54, 1.807) is 18.5 Å². The van der Waals surface area contributed by atoms with E-state index in [1.807, 2.05) is 6.92 Å². The first-order chi connectivity index (χ1) is 13.3. The van der Waals surface area contributed by atoms with Gasteiger partial charge >= 0.3 is 6.18 Å². The van der Waals surface area contributed by atoms with Gasteiger partial charge in [-0.1, -0.05) is 17.7 Å². The first-order valence-corrected chi connectivity index (χ1v) is 8.75. The molecule has 7 nitrogen and oxygen atoms in total. The minimum atomic E-state index is -4.64. The first kappa shape index (κ1) is 18.5. The van der Waals surface area contributed by atoms with Gasteiger partial charge in [0.1, 0.15) is 5.69 Å². The lowest BCUT2D eigenvalue weighted by Gasteiger charge is -2.33. The average Bonchev–Trinajstić information content (AvgIpc) is 3.28. The van der Waals surface area contributed by atoms with Gasteiger partial charge in [0, 0.05) is 12.5 Å². The highest BCUT2D eigenvalue weighted by atomic mass is 35.5. The molecule has 0 radical (unpaired) electrons. The molecule has 11 heteroatoms. The van der Waals surface area contributed by atoms with Crippen molar-refractivity contribution in [2.24, 2.45) is 0 Å². The molecule has 2 aromatic heterocycles. The Morgan fingerprint density at radius 1 is 1.29 bits per heavy atom. The van der Waals surface area contributed by atoms with Crippen LogP contribution in [0.15, 0.2) is 36.7 Å².